The smallest absolute Gasteiger partial charge is 0.240 e. The molecule has 22 heavy (non-hydrogen) atoms. The zero-order valence-electron chi connectivity index (χ0n) is 12.9. The maximum absolute atomic E-state index is 12.2. The highest BCUT2D eigenvalue weighted by Gasteiger charge is 2.22. The summed E-state index contributed by atoms with van der Waals surface area (Å²) in [5, 5.41) is 6.19. The molecule has 1 aromatic rings. The van der Waals surface area contributed by atoms with Gasteiger partial charge in [0.2, 0.25) is 15.9 Å². The number of nitrogens with one attached hydrogen (secondary N) is 3. The minimum atomic E-state index is -3.48. The van der Waals surface area contributed by atoms with Crippen LogP contribution in [0.4, 0.5) is 0 Å². The topological polar surface area (TPSA) is 87.3 Å². The van der Waals surface area contributed by atoms with Crippen LogP contribution in [0.5, 0.6) is 0 Å². The van der Waals surface area contributed by atoms with Gasteiger partial charge in [0.1, 0.15) is 0 Å². The molecular formula is C15H23N3O3S. The van der Waals surface area contributed by atoms with Gasteiger partial charge < -0.3 is 10.6 Å². The van der Waals surface area contributed by atoms with E-state index in [1.165, 1.54) is 13.1 Å². The molecule has 0 aliphatic carbocycles. The van der Waals surface area contributed by atoms with Gasteiger partial charge in [-0.3, -0.25) is 4.79 Å². The molecule has 122 valence electrons. The van der Waals surface area contributed by atoms with Crippen molar-refractivity contribution in [2.75, 3.05) is 20.1 Å². The fourth-order valence-electron chi connectivity index (χ4n) is 2.56. The molecule has 0 spiro atoms. The Labute approximate surface area is 131 Å². The van der Waals surface area contributed by atoms with Crippen LogP contribution in [-0.2, 0) is 14.8 Å². The van der Waals surface area contributed by atoms with Gasteiger partial charge in [0.25, 0.3) is 0 Å². The fourth-order valence-corrected chi connectivity index (χ4v) is 3.34. The summed E-state index contributed by atoms with van der Waals surface area (Å²) < 4.78 is 26.0. The molecule has 1 heterocycles. The third-order valence-corrected chi connectivity index (χ3v) is 5.38. The maximum atomic E-state index is 12.2. The molecule has 1 aromatic carbocycles. The van der Waals surface area contributed by atoms with Gasteiger partial charge >= 0.3 is 0 Å². The lowest BCUT2D eigenvalue weighted by Crippen LogP contribution is -2.41. The zero-order valence-corrected chi connectivity index (χ0v) is 13.7. The van der Waals surface area contributed by atoms with E-state index in [2.05, 4.69) is 15.4 Å². The number of carbonyl (C=O) groups is 1. The molecule has 2 rings (SSSR count). The first-order chi connectivity index (χ1) is 10.4. The van der Waals surface area contributed by atoms with Gasteiger partial charge in [0, 0.05) is 6.54 Å². The quantitative estimate of drug-likeness (QED) is 0.746. The van der Waals surface area contributed by atoms with E-state index in [4.69, 9.17) is 0 Å². The molecule has 0 bridgehead atoms. The number of benzene rings is 1. The van der Waals surface area contributed by atoms with Gasteiger partial charge in [0.15, 0.2) is 0 Å². The van der Waals surface area contributed by atoms with Crippen molar-refractivity contribution in [1.82, 2.24) is 15.4 Å². The molecule has 2 unspecified atom stereocenters. The third-order valence-electron chi connectivity index (χ3n) is 3.96. The highest BCUT2D eigenvalue weighted by Crippen LogP contribution is 2.19. The van der Waals surface area contributed by atoms with E-state index >= 15 is 0 Å². The molecule has 7 heteroatoms. The Balaban J connectivity index is 2.07. The highest BCUT2D eigenvalue weighted by atomic mass is 32.2. The van der Waals surface area contributed by atoms with Crippen LogP contribution in [0.1, 0.15) is 31.4 Å². The minimum absolute atomic E-state index is 0.0135. The lowest BCUT2D eigenvalue weighted by molar-refractivity contribution is -0.126. The molecule has 1 amide bonds. The summed E-state index contributed by atoms with van der Waals surface area (Å²) in [7, 11) is -2.10. The van der Waals surface area contributed by atoms with Crippen molar-refractivity contribution >= 4 is 15.9 Å². The van der Waals surface area contributed by atoms with Crippen molar-refractivity contribution in [3.05, 3.63) is 29.8 Å². The molecule has 1 aliphatic heterocycles. The number of carbonyl (C=O) groups excluding carboxylic acids is 1. The van der Waals surface area contributed by atoms with Crippen molar-refractivity contribution in [3.63, 3.8) is 0 Å². The second-order valence-electron chi connectivity index (χ2n) is 5.55. The van der Waals surface area contributed by atoms with Crippen molar-refractivity contribution in [2.24, 2.45) is 5.92 Å². The summed E-state index contributed by atoms with van der Waals surface area (Å²) in [4.78, 5) is 12.4. The van der Waals surface area contributed by atoms with Crippen molar-refractivity contribution < 1.29 is 13.2 Å². The van der Waals surface area contributed by atoms with Crippen LogP contribution in [0.25, 0.3) is 0 Å². The van der Waals surface area contributed by atoms with Crippen LogP contribution in [0, 0.1) is 5.92 Å². The normalized spacial score (nSPS) is 20.4. The number of amides is 1. The van der Waals surface area contributed by atoms with E-state index in [0.29, 0.717) is 6.54 Å². The number of piperidine rings is 1. The van der Waals surface area contributed by atoms with Crippen molar-refractivity contribution in [1.29, 1.82) is 0 Å². The number of rotatable bonds is 5. The van der Waals surface area contributed by atoms with Crippen LogP contribution >= 0.6 is 0 Å². The Morgan fingerprint density at radius 2 is 2.18 bits per heavy atom. The van der Waals surface area contributed by atoms with E-state index in [-0.39, 0.29) is 22.8 Å². The van der Waals surface area contributed by atoms with Gasteiger partial charge in [-0.05, 0) is 51.1 Å². The molecule has 1 fully saturated rings. The Bertz CT molecular complexity index is 625. The first-order valence-corrected chi connectivity index (χ1v) is 8.97. The predicted octanol–water partition coefficient (Wildman–Crippen LogP) is 0.772. The third kappa shape index (κ3) is 4.06. The predicted molar refractivity (Wildman–Crippen MR) is 84.8 cm³/mol. The van der Waals surface area contributed by atoms with E-state index in [0.717, 1.165) is 24.9 Å². The monoisotopic (exact) mass is 325 g/mol. The van der Waals surface area contributed by atoms with Gasteiger partial charge in [-0.25, -0.2) is 13.1 Å². The second-order valence-corrected chi connectivity index (χ2v) is 7.44. The lowest BCUT2D eigenvalue weighted by Gasteiger charge is -2.24. The summed E-state index contributed by atoms with van der Waals surface area (Å²) in [5.74, 6) is 0.00185. The summed E-state index contributed by atoms with van der Waals surface area (Å²) in [6.45, 7) is 3.52. The summed E-state index contributed by atoms with van der Waals surface area (Å²) in [5.41, 5.74) is 0.772. The molecule has 0 saturated carbocycles. The van der Waals surface area contributed by atoms with Crippen molar-refractivity contribution in [3.8, 4) is 0 Å². The Hall–Kier alpha value is -1.44. The SMILES string of the molecule is CNS(=O)(=O)c1cccc(C(C)NC(=O)C2CCCNC2)c1. The van der Waals surface area contributed by atoms with Crippen LogP contribution in [0.3, 0.4) is 0 Å². The lowest BCUT2D eigenvalue weighted by atomic mass is 9.98. The largest absolute Gasteiger partial charge is 0.349 e. The molecular weight excluding hydrogens is 302 g/mol. The molecule has 6 nitrogen and oxygen atoms in total. The highest BCUT2D eigenvalue weighted by molar-refractivity contribution is 7.89. The van der Waals surface area contributed by atoms with Gasteiger partial charge in [-0.1, -0.05) is 12.1 Å². The van der Waals surface area contributed by atoms with E-state index in [9.17, 15) is 13.2 Å². The molecule has 1 saturated heterocycles. The van der Waals surface area contributed by atoms with Crippen molar-refractivity contribution in [2.45, 2.75) is 30.7 Å². The average Bonchev–Trinajstić information content (AvgIpc) is 2.55. The summed E-state index contributed by atoms with van der Waals surface area (Å²) >= 11 is 0. The number of sulfonamides is 1. The molecule has 1 aliphatic rings. The van der Waals surface area contributed by atoms with Crippen LogP contribution in [0.15, 0.2) is 29.2 Å². The van der Waals surface area contributed by atoms with E-state index < -0.39 is 10.0 Å². The minimum Gasteiger partial charge on any atom is -0.349 e. The Morgan fingerprint density at radius 1 is 1.41 bits per heavy atom. The standard InChI is InChI=1S/C15H23N3O3S/c1-11(18-15(19)13-6-4-8-17-10-13)12-5-3-7-14(9-12)22(20,21)16-2/h3,5,7,9,11,13,16-17H,4,6,8,10H2,1-2H3,(H,18,19). The zero-order chi connectivity index (χ0) is 16.2. The fraction of sp³-hybridized carbons (Fsp3) is 0.533. The molecule has 0 radical (unpaired) electrons. The first-order valence-electron chi connectivity index (χ1n) is 7.48. The molecule has 2 atom stereocenters. The summed E-state index contributed by atoms with van der Waals surface area (Å²) in [6, 6.07) is 6.40. The van der Waals surface area contributed by atoms with Gasteiger partial charge in [0.05, 0.1) is 16.9 Å². The average molecular weight is 325 g/mol. The van der Waals surface area contributed by atoms with Crippen LogP contribution < -0.4 is 15.4 Å². The molecule has 3 N–H and O–H groups in total. The van der Waals surface area contributed by atoms with E-state index in [1.807, 2.05) is 13.0 Å². The Kier molecular flexibility index (Phi) is 5.55. The number of hydrogen-bond acceptors (Lipinski definition) is 4. The van der Waals surface area contributed by atoms with Crippen LogP contribution in [0.2, 0.25) is 0 Å². The summed E-state index contributed by atoms with van der Waals surface area (Å²) in [6.07, 6.45) is 1.89. The first kappa shape index (κ1) is 16.9. The van der Waals surface area contributed by atoms with Crippen LogP contribution in [-0.4, -0.2) is 34.5 Å². The number of hydrogen-bond donors (Lipinski definition) is 3. The maximum Gasteiger partial charge on any atom is 0.240 e. The van der Waals surface area contributed by atoms with E-state index in [1.54, 1.807) is 12.1 Å². The van der Waals surface area contributed by atoms with Gasteiger partial charge in [-0.15, -0.1) is 0 Å². The van der Waals surface area contributed by atoms with Gasteiger partial charge in [-0.2, -0.15) is 0 Å². The second kappa shape index (κ2) is 7.21. The Morgan fingerprint density at radius 3 is 2.82 bits per heavy atom. The molecule has 0 aromatic heterocycles.